The number of ether oxygens (including phenoxy) is 2. The highest BCUT2D eigenvalue weighted by Crippen LogP contribution is 2.27. The first-order valence-corrected chi connectivity index (χ1v) is 11.4. The van der Waals surface area contributed by atoms with Crippen LogP contribution in [-0.4, -0.2) is 96.0 Å². The molecule has 1 aromatic heterocycles. The summed E-state index contributed by atoms with van der Waals surface area (Å²) in [6, 6.07) is 9.73. The zero-order valence-electron chi connectivity index (χ0n) is 19.4. The lowest BCUT2D eigenvalue weighted by atomic mass is 10.0. The number of carbonyl (C=O) groups excluding carboxylic acids is 1. The largest absolute Gasteiger partial charge is 0.484 e. The molecular formula is C24H33N5O4. The molecule has 33 heavy (non-hydrogen) atoms. The van der Waals surface area contributed by atoms with Crippen molar-refractivity contribution in [2.24, 2.45) is 0 Å². The van der Waals surface area contributed by atoms with Crippen molar-refractivity contribution < 1.29 is 19.4 Å². The van der Waals surface area contributed by atoms with E-state index < -0.39 is 5.60 Å². The molecule has 9 nitrogen and oxygen atoms in total. The Labute approximate surface area is 194 Å². The maximum absolute atomic E-state index is 12.2. The number of hydrogen-bond donors (Lipinski definition) is 1. The van der Waals surface area contributed by atoms with Gasteiger partial charge in [-0.1, -0.05) is 12.1 Å². The molecule has 1 aromatic carbocycles. The normalized spacial score (nSPS) is 21.0. The van der Waals surface area contributed by atoms with Gasteiger partial charge in [0.25, 0.3) is 5.91 Å². The number of aliphatic hydroxyl groups is 1. The van der Waals surface area contributed by atoms with Gasteiger partial charge in [-0.05, 0) is 38.1 Å². The highest BCUT2D eigenvalue weighted by atomic mass is 16.5. The van der Waals surface area contributed by atoms with E-state index in [1.807, 2.05) is 44.3 Å². The van der Waals surface area contributed by atoms with Crippen LogP contribution in [0.25, 0.3) is 0 Å². The topological polar surface area (TPSA) is 91.3 Å². The van der Waals surface area contributed by atoms with Gasteiger partial charge in [0.15, 0.2) is 6.61 Å². The highest BCUT2D eigenvalue weighted by Gasteiger charge is 2.37. The lowest BCUT2D eigenvalue weighted by Gasteiger charge is -2.29. The van der Waals surface area contributed by atoms with Crippen molar-refractivity contribution in [2.75, 3.05) is 64.5 Å². The van der Waals surface area contributed by atoms with Crippen molar-refractivity contribution in [3.05, 3.63) is 47.9 Å². The number of benzene rings is 1. The molecule has 1 atom stereocenters. The van der Waals surface area contributed by atoms with Gasteiger partial charge in [-0.3, -0.25) is 9.69 Å². The summed E-state index contributed by atoms with van der Waals surface area (Å²) in [4.78, 5) is 26.7. The fourth-order valence-electron chi connectivity index (χ4n) is 4.40. The first-order chi connectivity index (χ1) is 15.9. The highest BCUT2D eigenvalue weighted by molar-refractivity contribution is 5.77. The number of aromatic nitrogens is 2. The number of amides is 1. The van der Waals surface area contributed by atoms with Gasteiger partial charge < -0.3 is 24.4 Å². The molecule has 4 rings (SSSR count). The molecule has 2 aliphatic rings. The number of nitrogens with zero attached hydrogens (tertiary/aromatic N) is 5. The molecule has 3 heterocycles. The van der Waals surface area contributed by atoms with E-state index in [-0.39, 0.29) is 12.5 Å². The summed E-state index contributed by atoms with van der Waals surface area (Å²) in [6.45, 7) is 7.00. The second-order valence-electron chi connectivity index (χ2n) is 9.01. The molecule has 9 heteroatoms. The smallest absolute Gasteiger partial charge is 0.260 e. The van der Waals surface area contributed by atoms with Crippen LogP contribution in [0.2, 0.25) is 0 Å². The number of likely N-dealkylation sites (N-methyl/N-ethyl adjacent to an activating group) is 1. The Morgan fingerprint density at radius 3 is 2.70 bits per heavy atom. The van der Waals surface area contributed by atoms with Crippen molar-refractivity contribution in [1.82, 2.24) is 19.8 Å². The molecule has 2 aromatic rings. The van der Waals surface area contributed by atoms with E-state index in [0.29, 0.717) is 58.1 Å². The molecule has 2 aliphatic heterocycles. The second kappa shape index (κ2) is 10.5. The van der Waals surface area contributed by atoms with Crippen LogP contribution in [0.1, 0.15) is 17.7 Å². The molecule has 1 amide bonds. The van der Waals surface area contributed by atoms with E-state index in [2.05, 4.69) is 19.8 Å². The van der Waals surface area contributed by atoms with E-state index in [0.717, 1.165) is 23.6 Å². The summed E-state index contributed by atoms with van der Waals surface area (Å²) in [7, 11) is 2.01. The average Bonchev–Trinajstić information content (AvgIpc) is 3.20. The van der Waals surface area contributed by atoms with Gasteiger partial charge in [0.1, 0.15) is 17.9 Å². The molecule has 0 bridgehead atoms. The number of hydrogen-bond acceptors (Lipinski definition) is 8. The minimum Gasteiger partial charge on any atom is -0.484 e. The van der Waals surface area contributed by atoms with E-state index >= 15 is 0 Å². The summed E-state index contributed by atoms with van der Waals surface area (Å²) in [6.07, 6.45) is 2.27. The molecule has 0 spiro atoms. The Balaban J connectivity index is 1.24. The van der Waals surface area contributed by atoms with E-state index in [1.165, 1.54) is 0 Å². The summed E-state index contributed by atoms with van der Waals surface area (Å²) >= 11 is 0. The summed E-state index contributed by atoms with van der Waals surface area (Å²) in [5.41, 5.74) is 1.26. The summed E-state index contributed by atoms with van der Waals surface area (Å²) in [5.74, 6) is 1.52. The molecule has 2 saturated heterocycles. The number of aryl methyl sites for hydroxylation is 1. The Hall–Kier alpha value is -2.75. The lowest BCUT2D eigenvalue weighted by Crippen LogP contribution is -2.43. The molecule has 0 unspecified atom stereocenters. The molecule has 178 valence electrons. The van der Waals surface area contributed by atoms with Crippen LogP contribution in [0.3, 0.4) is 0 Å². The van der Waals surface area contributed by atoms with Crippen LogP contribution in [0, 0.1) is 6.92 Å². The van der Waals surface area contributed by atoms with Gasteiger partial charge in [0.05, 0.1) is 18.8 Å². The number of β-amino-alcohol motifs (C(OH)–C–C–N with tert-alkyl or cyclic N) is 1. The fraction of sp³-hybridized carbons (Fsp3) is 0.542. The SMILES string of the molecule is Cc1cc(N2CC[C@@](O)(CN(C)Cc3ccc(OCC(=O)N4CCOCC4)cc3)C2)ncn1. The van der Waals surface area contributed by atoms with E-state index in [4.69, 9.17) is 9.47 Å². The number of carbonyl (C=O) groups is 1. The summed E-state index contributed by atoms with van der Waals surface area (Å²) < 4.78 is 10.9. The predicted molar refractivity (Wildman–Crippen MR) is 124 cm³/mol. The van der Waals surface area contributed by atoms with Crippen molar-refractivity contribution in [1.29, 1.82) is 0 Å². The van der Waals surface area contributed by atoms with Crippen LogP contribution < -0.4 is 9.64 Å². The van der Waals surface area contributed by atoms with Crippen molar-refractivity contribution in [3.8, 4) is 5.75 Å². The summed E-state index contributed by atoms with van der Waals surface area (Å²) in [5, 5.41) is 11.1. The third-order valence-electron chi connectivity index (χ3n) is 6.11. The quantitative estimate of drug-likeness (QED) is 0.633. The third kappa shape index (κ3) is 6.40. The van der Waals surface area contributed by atoms with Crippen LogP contribution in [0.4, 0.5) is 5.82 Å². The van der Waals surface area contributed by atoms with Crippen molar-refractivity contribution in [2.45, 2.75) is 25.5 Å². The molecule has 1 N–H and O–H groups in total. The van der Waals surface area contributed by atoms with Crippen molar-refractivity contribution >= 4 is 11.7 Å². The van der Waals surface area contributed by atoms with Gasteiger partial charge >= 0.3 is 0 Å². The standard InChI is InChI=1S/C24H33N5O4/c1-19-13-22(26-18-25-19)29-8-7-24(31,17-29)16-27(2)14-20-3-5-21(6-4-20)33-15-23(30)28-9-11-32-12-10-28/h3-6,13,18,31H,7-12,14-17H2,1-2H3/t24-/m1/s1. The van der Waals surface area contributed by atoms with E-state index in [1.54, 1.807) is 11.2 Å². The lowest BCUT2D eigenvalue weighted by molar-refractivity contribution is -0.137. The van der Waals surface area contributed by atoms with Gasteiger partial charge in [-0.25, -0.2) is 9.97 Å². The second-order valence-corrected chi connectivity index (χ2v) is 9.01. The zero-order chi connectivity index (χ0) is 23.3. The Kier molecular flexibility index (Phi) is 7.42. The molecule has 0 saturated carbocycles. The first kappa shape index (κ1) is 23.4. The van der Waals surface area contributed by atoms with Gasteiger partial charge in [0.2, 0.25) is 0 Å². The maximum Gasteiger partial charge on any atom is 0.260 e. The third-order valence-corrected chi connectivity index (χ3v) is 6.11. The van der Waals surface area contributed by atoms with Crippen molar-refractivity contribution in [3.63, 3.8) is 0 Å². The minimum atomic E-state index is -0.781. The van der Waals surface area contributed by atoms with E-state index in [9.17, 15) is 9.90 Å². The number of morpholine rings is 1. The number of rotatable bonds is 8. The molecule has 0 aliphatic carbocycles. The van der Waals surface area contributed by atoms with Gasteiger partial charge in [-0.15, -0.1) is 0 Å². The monoisotopic (exact) mass is 455 g/mol. The van der Waals surface area contributed by atoms with Gasteiger partial charge in [-0.2, -0.15) is 0 Å². The Morgan fingerprint density at radius 2 is 1.97 bits per heavy atom. The zero-order valence-corrected chi connectivity index (χ0v) is 19.4. The Bertz CT molecular complexity index is 935. The average molecular weight is 456 g/mol. The van der Waals surface area contributed by atoms with Gasteiger partial charge in [0, 0.05) is 51.0 Å². The molecule has 2 fully saturated rings. The maximum atomic E-state index is 12.2. The van der Waals surface area contributed by atoms with Crippen LogP contribution >= 0.6 is 0 Å². The predicted octanol–water partition coefficient (Wildman–Crippen LogP) is 1.10. The van der Waals surface area contributed by atoms with Crippen LogP contribution in [-0.2, 0) is 16.1 Å². The molecular weight excluding hydrogens is 422 g/mol. The van der Waals surface area contributed by atoms with Crippen LogP contribution in [0.5, 0.6) is 5.75 Å². The number of anilines is 1. The molecule has 0 radical (unpaired) electrons. The fourth-order valence-corrected chi connectivity index (χ4v) is 4.40. The van der Waals surface area contributed by atoms with Crippen LogP contribution in [0.15, 0.2) is 36.7 Å². The Morgan fingerprint density at radius 1 is 1.21 bits per heavy atom. The minimum absolute atomic E-state index is 0.0157. The first-order valence-electron chi connectivity index (χ1n) is 11.4.